The van der Waals surface area contributed by atoms with Crippen LogP contribution < -0.4 is 0 Å². The summed E-state index contributed by atoms with van der Waals surface area (Å²) in [4.78, 5) is 25.0. The molecule has 7 heteroatoms. The van der Waals surface area contributed by atoms with Gasteiger partial charge in [0.1, 0.15) is 0 Å². The molecular formula is C15H17Cl2NO4. The lowest BCUT2D eigenvalue weighted by Crippen LogP contribution is -2.49. The first kappa shape index (κ1) is 17.1. The second kappa shape index (κ2) is 6.86. The molecule has 120 valence electrons. The van der Waals surface area contributed by atoms with Crippen LogP contribution in [0.3, 0.4) is 0 Å². The van der Waals surface area contributed by atoms with Gasteiger partial charge in [0, 0.05) is 22.6 Å². The van der Waals surface area contributed by atoms with E-state index in [2.05, 4.69) is 0 Å². The maximum Gasteiger partial charge on any atom is 0.308 e. The zero-order chi connectivity index (χ0) is 16.4. The number of hydrogen-bond acceptors (Lipinski definition) is 3. The average molecular weight is 346 g/mol. The van der Waals surface area contributed by atoms with E-state index in [1.807, 2.05) is 6.92 Å². The van der Waals surface area contributed by atoms with Gasteiger partial charge in [-0.25, -0.2) is 0 Å². The van der Waals surface area contributed by atoms with E-state index in [1.54, 1.807) is 0 Å². The quantitative estimate of drug-likeness (QED) is 0.882. The van der Waals surface area contributed by atoms with E-state index in [0.29, 0.717) is 28.5 Å². The van der Waals surface area contributed by atoms with Crippen LogP contribution in [0.15, 0.2) is 18.2 Å². The van der Waals surface area contributed by atoms with Crippen molar-refractivity contribution in [2.24, 2.45) is 5.92 Å². The molecule has 0 saturated carbocycles. The van der Waals surface area contributed by atoms with Gasteiger partial charge in [-0.2, -0.15) is 0 Å². The smallest absolute Gasteiger partial charge is 0.308 e. The van der Waals surface area contributed by atoms with Crippen LogP contribution in [-0.4, -0.2) is 39.6 Å². The topological polar surface area (TPSA) is 77.8 Å². The Morgan fingerprint density at radius 3 is 2.36 bits per heavy atom. The van der Waals surface area contributed by atoms with E-state index >= 15 is 0 Å². The summed E-state index contributed by atoms with van der Waals surface area (Å²) < 4.78 is 0. The van der Waals surface area contributed by atoms with Crippen molar-refractivity contribution in [3.8, 4) is 0 Å². The summed E-state index contributed by atoms with van der Waals surface area (Å²) in [6.07, 6.45) is -0.295. The predicted octanol–water partition coefficient (Wildman–Crippen LogP) is 2.74. The largest absolute Gasteiger partial charge is 0.481 e. The molecule has 1 aromatic rings. The number of carbonyl (C=O) groups excluding carboxylic acids is 1. The molecule has 1 saturated heterocycles. The van der Waals surface area contributed by atoms with Gasteiger partial charge in [0.15, 0.2) is 6.10 Å². The number of aliphatic hydroxyl groups is 1. The fourth-order valence-corrected chi connectivity index (χ4v) is 3.19. The van der Waals surface area contributed by atoms with Crippen molar-refractivity contribution in [2.45, 2.75) is 31.9 Å². The highest BCUT2D eigenvalue weighted by atomic mass is 35.5. The maximum absolute atomic E-state index is 12.5. The number of carboxylic acid groups (broad SMARTS) is 1. The fourth-order valence-electron chi connectivity index (χ4n) is 2.65. The molecule has 1 amide bonds. The number of hydrogen-bond donors (Lipinski definition) is 2. The third kappa shape index (κ3) is 3.72. The molecule has 0 bridgehead atoms. The molecule has 1 heterocycles. The Kier molecular flexibility index (Phi) is 5.32. The van der Waals surface area contributed by atoms with Gasteiger partial charge in [0.25, 0.3) is 5.91 Å². The van der Waals surface area contributed by atoms with Crippen LogP contribution in [0.5, 0.6) is 0 Å². The van der Waals surface area contributed by atoms with Gasteiger partial charge in [-0.05, 0) is 43.5 Å². The average Bonchev–Trinajstić information content (AvgIpc) is 2.45. The van der Waals surface area contributed by atoms with E-state index in [4.69, 9.17) is 28.3 Å². The van der Waals surface area contributed by atoms with Gasteiger partial charge in [0.05, 0.1) is 5.92 Å². The standard InChI is InChI=1S/C15H17Cl2NO4/c1-8-2-3-9(15(21)22)7-18(8)14(20)13(19)10-4-11(16)6-12(17)5-10/h4-6,8-9,13,19H,2-3,7H2,1H3,(H,21,22). The number of piperidine rings is 1. The van der Waals surface area contributed by atoms with Crippen LogP contribution in [0.2, 0.25) is 10.0 Å². The van der Waals surface area contributed by atoms with Crippen LogP contribution >= 0.6 is 23.2 Å². The van der Waals surface area contributed by atoms with Crippen molar-refractivity contribution in [1.82, 2.24) is 4.90 Å². The van der Waals surface area contributed by atoms with E-state index in [0.717, 1.165) is 0 Å². The minimum atomic E-state index is -1.41. The summed E-state index contributed by atoms with van der Waals surface area (Å²) in [5.41, 5.74) is 0.298. The summed E-state index contributed by atoms with van der Waals surface area (Å²) in [6.45, 7) is 1.94. The molecule has 3 unspecified atom stereocenters. The number of likely N-dealkylation sites (tertiary alicyclic amines) is 1. The van der Waals surface area contributed by atoms with Gasteiger partial charge < -0.3 is 15.1 Å². The number of carboxylic acids is 1. The summed E-state index contributed by atoms with van der Waals surface area (Å²) in [7, 11) is 0. The monoisotopic (exact) mass is 345 g/mol. The highest BCUT2D eigenvalue weighted by molar-refractivity contribution is 6.34. The normalized spacial score (nSPS) is 23.2. The molecule has 22 heavy (non-hydrogen) atoms. The minimum Gasteiger partial charge on any atom is -0.481 e. The first-order valence-corrected chi connectivity index (χ1v) is 7.72. The van der Waals surface area contributed by atoms with E-state index in [9.17, 15) is 14.7 Å². The minimum absolute atomic E-state index is 0.0979. The first-order valence-electron chi connectivity index (χ1n) is 6.97. The molecule has 0 spiro atoms. The van der Waals surface area contributed by atoms with Gasteiger partial charge >= 0.3 is 5.97 Å². The summed E-state index contributed by atoms with van der Waals surface area (Å²) in [6, 6.07) is 4.33. The van der Waals surface area contributed by atoms with Crippen molar-refractivity contribution >= 4 is 35.1 Å². The van der Waals surface area contributed by atoms with Crippen molar-refractivity contribution in [3.63, 3.8) is 0 Å². The SMILES string of the molecule is CC1CCC(C(=O)O)CN1C(=O)C(O)c1cc(Cl)cc(Cl)c1. The van der Waals surface area contributed by atoms with Gasteiger partial charge in [-0.15, -0.1) is 0 Å². The molecule has 2 N–H and O–H groups in total. The number of carbonyl (C=O) groups is 2. The van der Waals surface area contributed by atoms with E-state index in [-0.39, 0.29) is 12.6 Å². The van der Waals surface area contributed by atoms with Gasteiger partial charge in [0.2, 0.25) is 0 Å². The van der Waals surface area contributed by atoms with Crippen molar-refractivity contribution in [1.29, 1.82) is 0 Å². The Hall–Kier alpha value is -1.30. The second-order valence-corrected chi connectivity index (χ2v) is 6.43. The molecule has 3 atom stereocenters. The molecule has 0 aromatic heterocycles. The Morgan fingerprint density at radius 1 is 1.23 bits per heavy atom. The number of amides is 1. The molecule has 1 aromatic carbocycles. The number of aliphatic carboxylic acids is 1. The lowest BCUT2D eigenvalue weighted by atomic mass is 9.92. The number of aliphatic hydroxyl groups excluding tert-OH is 1. The number of halogens is 2. The van der Waals surface area contributed by atoms with Crippen LogP contribution in [0.1, 0.15) is 31.4 Å². The fraction of sp³-hybridized carbons (Fsp3) is 0.467. The molecule has 0 radical (unpaired) electrons. The summed E-state index contributed by atoms with van der Waals surface area (Å²) in [5.74, 6) is -2.06. The van der Waals surface area contributed by atoms with Crippen LogP contribution in [0, 0.1) is 5.92 Å². The molecule has 1 aliphatic heterocycles. The lowest BCUT2D eigenvalue weighted by molar-refractivity contribution is -0.151. The van der Waals surface area contributed by atoms with Crippen molar-refractivity contribution < 1.29 is 19.8 Å². The van der Waals surface area contributed by atoms with Crippen LogP contribution in [0.4, 0.5) is 0 Å². The Labute approximate surface area is 138 Å². The zero-order valence-corrected chi connectivity index (χ0v) is 13.5. The molecule has 0 aliphatic carbocycles. The lowest BCUT2D eigenvalue weighted by Gasteiger charge is -2.37. The van der Waals surface area contributed by atoms with Crippen LogP contribution in [-0.2, 0) is 9.59 Å². The molecule has 2 rings (SSSR count). The predicted molar refractivity (Wildman–Crippen MR) is 83.0 cm³/mol. The highest BCUT2D eigenvalue weighted by Gasteiger charge is 2.35. The Balaban J connectivity index is 2.19. The third-order valence-corrected chi connectivity index (χ3v) is 4.39. The Bertz CT molecular complexity index is 573. The molecular weight excluding hydrogens is 329 g/mol. The number of benzene rings is 1. The van der Waals surface area contributed by atoms with E-state index in [1.165, 1.54) is 23.1 Å². The number of nitrogens with zero attached hydrogens (tertiary/aromatic N) is 1. The first-order chi connectivity index (χ1) is 10.3. The third-order valence-electron chi connectivity index (χ3n) is 3.95. The molecule has 1 fully saturated rings. The van der Waals surface area contributed by atoms with Gasteiger partial charge in [-0.3, -0.25) is 9.59 Å². The molecule has 1 aliphatic rings. The Morgan fingerprint density at radius 2 is 1.82 bits per heavy atom. The van der Waals surface area contributed by atoms with Crippen molar-refractivity contribution in [3.05, 3.63) is 33.8 Å². The van der Waals surface area contributed by atoms with Crippen molar-refractivity contribution in [2.75, 3.05) is 6.54 Å². The van der Waals surface area contributed by atoms with Crippen LogP contribution in [0.25, 0.3) is 0 Å². The van der Waals surface area contributed by atoms with E-state index < -0.39 is 23.9 Å². The second-order valence-electron chi connectivity index (χ2n) is 5.56. The number of rotatable bonds is 3. The van der Waals surface area contributed by atoms with Gasteiger partial charge in [-0.1, -0.05) is 23.2 Å². The highest BCUT2D eigenvalue weighted by Crippen LogP contribution is 2.28. The summed E-state index contributed by atoms with van der Waals surface area (Å²) in [5, 5.41) is 20.0. The molecule has 5 nitrogen and oxygen atoms in total. The zero-order valence-electron chi connectivity index (χ0n) is 12.0. The maximum atomic E-state index is 12.5. The summed E-state index contributed by atoms with van der Waals surface area (Å²) >= 11 is 11.8.